The van der Waals surface area contributed by atoms with Crippen LogP contribution in [0.1, 0.15) is 46.0 Å². The second-order valence-electron chi connectivity index (χ2n) is 5.59. The van der Waals surface area contributed by atoms with Gasteiger partial charge in [-0.15, -0.1) is 0 Å². The molecule has 0 heterocycles. The number of nitrogens with one attached hydrogen (secondary N) is 1. The first-order valence-electron chi connectivity index (χ1n) is 6.62. The summed E-state index contributed by atoms with van der Waals surface area (Å²) in [6.45, 7) is 4.21. The summed E-state index contributed by atoms with van der Waals surface area (Å²) in [5, 5.41) is 12.1. The Balaban J connectivity index is 2.64. The molecule has 1 amide bonds. The number of carboxylic acids is 1. The highest BCUT2D eigenvalue weighted by Gasteiger charge is 2.42. The van der Waals surface area contributed by atoms with Gasteiger partial charge in [-0.25, -0.2) is 0 Å². The molecule has 0 aromatic rings. The molecule has 0 aromatic heterocycles. The lowest BCUT2D eigenvalue weighted by Crippen LogP contribution is -2.48. The molecule has 5 heteroatoms. The Morgan fingerprint density at radius 1 is 1.39 bits per heavy atom. The minimum Gasteiger partial charge on any atom is -0.481 e. The van der Waals surface area contributed by atoms with Crippen molar-refractivity contribution in [2.75, 3.05) is 13.1 Å². The summed E-state index contributed by atoms with van der Waals surface area (Å²) in [6.07, 6.45) is 3.78. The second-order valence-corrected chi connectivity index (χ2v) is 5.59. The van der Waals surface area contributed by atoms with E-state index in [0.717, 1.165) is 12.8 Å². The van der Waals surface area contributed by atoms with Crippen molar-refractivity contribution in [3.63, 3.8) is 0 Å². The van der Waals surface area contributed by atoms with Crippen LogP contribution in [0.25, 0.3) is 0 Å². The van der Waals surface area contributed by atoms with Crippen LogP contribution in [0, 0.1) is 10.8 Å². The van der Waals surface area contributed by atoms with Crippen molar-refractivity contribution in [3.8, 4) is 0 Å². The van der Waals surface area contributed by atoms with Crippen LogP contribution in [0.15, 0.2) is 0 Å². The van der Waals surface area contributed by atoms with E-state index < -0.39 is 16.8 Å². The maximum atomic E-state index is 12.1. The fraction of sp³-hybridized carbons (Fsp3) is 0.846. The number of rotatable bonds is 6. The zero-order valence-corrected chi connectivity index (χ0v) is 11.3. The molecule has 1 saturated carbocycles. The quantitative estimate of drug-likeness (QED) is 0.664. The molecular formula is C13H24N2O3. The number of amides is 1. The molecule has 1 aliphatic carbocycles. The average molecular weight is 256 g/mol. The van der Waals surface area contributed by atoms with Crippen molar-refractivity contribution in [1.82, 2.24) is 5.32 Å². The molecular weight excluding hydrogens is 232 g/mol. The maximum absolute atomic E-state index is 12.1. The average Bonchev–Trinajstić information content (AvgIpc) is 2.85. The maximum Gasteiger partial charge on any atom is 0.311 e. The first-order valence-corrected chi connectivity index (χ1v) is 6.62. The van der Waals surface area contributed by atoms with E-state index in [1.165, 1.54) is 0 Å². The molecule has 0 radical (unpaired) electrons. The highest BCUT2D eigenvalue weighted by molar-refractivity contribution is 5.83. The zero-order chi connectivity index (χ0) is 13.8. The van der Waals surface area contributed by atoms with Crippen molar-refractivity contribution in [2.45, 2.75) is 46.0 Å². The Morgan fingerprint density at radius 2 is 1.94 bits per heavy atom. The molecule has 4 N–H and O–H groups in total. The van der Waals surface area contributed by atoms with Crippen LogP contribution >= 0.6 is 0 Å². The number of carboxylic acid groups (broad SMARTS) is 1. The van der Waals surface area contributed by atoms with Crippen molar-refractivity contribution >= 4 is 11.9 Å². The number of hydrogen-bond donors (Lipinski definition) is 3. The summed E-state index contributed by atoms with van der Waals surface area (Å²) in [7, 11) is 0. The molecule has 0 bridgehead atoms. The summed E-state index contributed by atoms with van der Waals surface area (Å²) in [5.41, 5.74) is 4.25. The summed E-state index contributed by atoms with van der Waals surface area (Å²) < 4.78 is 0. The third-order valence-electron chi connectivity index (χ3n) is 4.38. The van der Waals surface area contributed by atoms with Gasteiger partial charge in [-0.1, -0.05) is 19.8 Å². The van der Waals surface area contributed by atoms with Gasteiger partial charge in [-0.2, -0.15) is 0 Å². The molecule has 0 spiro atoms. The fourth-order valence-corrected chi connectivity index (χ4v) is 2.38. The van der Waals surface area contributed by atoms with Crippen LogP contribution in [0.5, 0.6) is 0 Å². The molecule has 1 rings (SSSR count). The van der Waals surface area contributed by atoms with E-state index in [0.29, 0.717) is 19.3 Å². The number of carbonyl (C=O) groups is 2. The van der Waals surface area contributed by atoms with E-state index in [1.807, 2.05) is 13.8 Å². The molecule has 1 aliphatic rings. The molecule has 1 unspecified atom stereocenters. The molecule has 104 valence electrons. The predicted octanol–water partition coefficient (Wildman–Crippen LogP) is 1.12. The Bertz CT molecular complexity index is 318. The minimum atomic E-state index is -0.800. The van der Waals surface area contributed by atoms with E-state index >= 15 is 0 Å². The second kappa shape index (κ2) is 5.69. The predicted molar refractivity (Wildman–Crippen MR) is 69.0 cm³/mol. The monoisotopic (exact) mass is 256 g/mol. The van der Waals surface area contributed by atoms with Crippen LogP contribution in [0.4, 0.5) is 0 Å². The molecule has 0 aromatic carbocycles. The summed E-state index contributed by atoms with van der Waals surface area (Å²) >= 11 is 0. The van der Waals surface area contributed by atoms with E-state index in [2.05, 4.69) is 5.32 Å². The van der Waals surface area contributed by atoms with Gasteiger partial charge in [0, 0.05) is 13.1 Å². The normalized spacial score (nSPS) is 21.3. The highest BCUT2D eigenvalue weighted by Crippen LogP contribution is 2.38. The third-order valence-corrected chi connectivity index (χ3v) is 4.38. The Kier molecular flexibility index (Phi) is 4.73. The number of nitrogens with two attached hydrogens (primary N) is 1. The van der Waals surface area contributed by atoms with E-state index in [1.54, 1.807) is 0 Å². The van der Waals surface area contributed by atoms with Gasteiger partial charge in [0.15, 0.2) is 0 Å². The first kappa shape index (κ1) is 15.0. The lowest BCUT2D eigenvalue weighted by Gasteiger charge is -2.29. The van der Waals surface area contributed by atoms with Crippen molar-refractivity contribution < 1.29 is 14.7 Å². The Labute approximate surface area is 108 Å². The third kappa shape index (κ3) is 2.83. The lowest BCUT2D eigenvalue weighted by molar-refractivity contribution is -0.148. The number of hydrogen-bond acceptors (Lipinski definition) is 3. The van der Waals surface area contributed by atoms with Gasteiger partial charge in [0.25, 0.3) is 0 Å². The molecule has 18 heavy (non-hydrogen) atoms. The lowest BCUT2D eigenvalue weighted by atomic mass is 9.83. The summed E-state index contributed by atoms with van der Waals surface area (Å²) in [4.78, 5) is 23.4. The van der Waals surface area contributed by atoms with Crippen molar-refractivity contribution in [1.29, 1.82) is 0 Å². The summed E-state index contributed by atoms with van der Waals surface area (Å²) in [5.74, 6) is -0.939. The van der Waals surface area contributed by atoms with Gasteiger partial charge in [0.05, 0.1) is 10.8 Å². The van der Waals surface area contributed by atoms with Crippen LogP contribution < -0.4 is 11.1 Å². The topological polar surface area (TPSA) is 92.4 Å². The molecule has 1 fully saturated rings. The Hall–Kier alpha value is -1.10. The molecule has 0 saturated heterocycles. The van der Waals surface area contributed by atoms with Crippen LogP contribution in [-0.4, -0.2) is 30.1 Å². The van der Waals surface area contributed by atoms with Crippen molar-refractivity contribution in [2.24, 2.45) is 16.6 Å². The minimum absolute atomic E-state index is 0.139. The number of aliphatic carboxylic acids is 1. The number of carbonyl (C=O) groups excluding carboxylic acids is 1. The van der Waals surface area contributed by atoms with Gasteiger partial charge >= 0.3 is 5.97 Å². The SMILES string of the molecule is CCC(C)(CN)C(=O)NCC1(C(=O)O)CCCC1. The van der Waals surface area contributed by atoms with Gasteiger partial charge in [-0.3, -0.25) is 9.59 Å². The zero-order valence-electron chi connectivity index (χ0n) is 11.3. The highest BCUT2D eigenvalue weighted by atomic mass is 16.4. The fourth-order valence-electron chi connectivity index (χ4n) is 2.38. The summed E-state index contributed by atoms with van der Waals surface area (Å²) in [6, 6.07) is 0. The van der Waals surface area contributed by atoms with Crippen LogP contribution in [-0.2, 0) is 9.59 Å². The largest absolute Gasteiger partial charge is 0.481 e. The van der Waals surface area contributed by atoms with Crippen LogP contribution in [0.3, 0.4) is 0 Å². The van der Waals surface area contributed by atoms with E-state index in [-0.39, 0.29) is 19.0 Å². The van der Waals surface area contributed by atoms with Gasteiger partial charge in [0.2, 0.25) is 5.91 Å². The Morgan fingerprint density at radius 3 is 2.33 bits per heavy atom. The van der Waals surface area contributed by atoms with Gasteiger partial charge in [-0.05, 0) is 26.2 Å². The molecule has 1 atom stereocenters. The molecule has 5 nitrogen and oxygen atoms in total. The van der Waals surface area contributed by atoms with Gasteiger partial charge < -0.3 is 16.2 Å². The molecule has 0 aliphatic heterocycles. The van der Waals surface area contributed by atoms with Crippen molar-refractivity contribution in [3.05, 3.63) is 0 Å². The van der Waals surface area contributed by atoms with Gasteiger partial charge in [0.1, 0.15) is 0 Å². The smallest absolute Gasteiger partial charge is 0.311 e. The van der Waals surface area contributed by atoms with E-state index in [4.69, 9.17) is 5.73 Å². The first-order chi connectivity index (χ1) is 8.40. The van der Waals surface area contributed by atoms with E-state index in [9.17, 15) is 14.7 Å². The standard InChI is InChI=1S/C13H24N2O3/c1-3-12(2,8-14)10(16)15-9-13(11(17)18)6-4-5-7-13/h3-9,14H2,1-2H3,(H,15,16)(H,17,18). The van der Waals surface area contributed by atoms with Crippen LogP contribution in [0.2, 0.25) is 0 Å².